The molecule has 1 fully saturated rings. The summed E-state index contributed by atoms with van der Waals surface area (Å²) >= 11 is 7.30. The van der Waals surface area contributed by atoms with Crippen molar-refractivity contribution >= 4 is 49.7 Å². The van der Waals surface area contributed by atoms with E-state index in [2.05, 4.69) is 26.5 Å². The van der Waals surface area contributed by atoms with Crippen LogP contribution in [-0.2, 0) is 14.8 Å². The van der Waals surface area contributed by atoms with Crippen molar-refractivity contribution in [3.8, 4) is 10.6 Å². The van der Waals surface area contributed by atoms with E-state index >= 15 is 0 Å². The van der Waals surface area contributed by atoms with Gasteiger partial charge in [-0.25, -0.2) is 8.42 Å². The second-order valence-corrected chi connectivity index (χ2v) is 10.8. The molecule has 1 aliphatic rings. The summed E-state index contributed by atoms with van der Waals surface area (Å²) < 4.78 is 26.9. The number of halogens is 1. The molecular weight excluding hydrogens is 470 g/mol. The number of amides is 1. The van der Waals surface area contributed by atoms with Crippen molar-refractivity contribution in [3.05, 3.63) is 59.1 Å². The molecule has 3 aromatic rings. The van der Waals surface area contributed by atoms with Gasteiger partial charge in [0.05, 0.1) is 5.02 Å². The number of sulfonamides is 1. The largest absolute Gasteiger partial charge is 0.369 e. The molecule has 11 heteroatoms. The summed E-state index contributed by atoms with van der Waals surface area (Å²) in [6.07, 6.45) is 0. The van der Waals surface area contributed by atoms with Crippen LogP contribution in [0.1, 0.15) is 5.56 Å². The molecule has 0 aliphatic carbocycles. The van der Waals surface area contributed by atoms with Gasteiger partial charge in [-0.1, -0.05) is 53.3 Å². The van der Waals surface area contributed by atoms with Crippen molar-refractivity contribution in [1.29, 1.82) is 0 Å². The van der Waals surface area contributed by atoms with Crippen LogP contribution in [0.3, 0.4) is 0 Å². The van der Waals surface area contributed by atoms with Crippen LogP contribution >= 0.6 is 22.9 Å². The van der Waals surface area contributed by atoms with Gasteiger partial charge >= 0.3 is 0 Å². The molecule has 0 spiro atoms. The number of anilines is 2. The summed E-state index contributed by atoms with van der Waals surface area (Å²) in [7, 11) is -3.74. The maximum atomic E-state index is 12.8. The maximum absolute atomic E-state index is 12.8. The second kappa shape index (κ2) is 9.53. The van der Waals surface area contributed by atoms with Gasteiger partial charge in [0, 0.05) is 37.4 Å². The van der Waals surface area contributed by atoms with Crippen molar-refractivity contribution in [2.24, 2.45) is 0 Å². The quantitative estimate of drug-likeness (QED) is 0.568. The Morgan fingerprint density at radius 1 is 1.09 bits per heavy atom. The molecule has 0 saturated carbocycles. The molecule has 2 heterocycles. The zero-order chi connectivity index (χ0) is 22.7. The zero-order valence-corrected chi connectivity index (χ0v) is 19.8. The molecule has 0 unspecified atom stereocenters. The van der Waals surface area contributed by atoms with E-state index in [1.807, 2.05) is 31.2 Å². The average Bonchev–Trinajstić information content (AvgIpc) is 3.21. The van der Waals surface area contributed by atoms with Gasteiger partial charge in [0.25, 0.3) is 0 Å². The van der Waals surface area contributed by atoms with Crippen LogP contribution in [0.4, 0.5) is 10.8 Å². The van der Waals surface area contributed by atoms with Crippen molar-refractivity contribution < 1.29 is 13.2 Å². The molecule has 0 atom stereocenters. The van der Waals surface area contributed by atoms with Crippen molar-refractivity contribution in [1.82, 2.24) is 14.5 Å². The highest BCUT2D eigenvalue weighted by Gasteiger charge is 2.29. The van der Waals surface area contributed by atoms with Crippen molar-refractivity contribution in [2.75, 3.05) is 42.1 Å². The highest BCUT2D eigenvalue weighted by atomic mass is 35.5. The summed E-state index contributed by atoms with van der Waals surface area (Å²) in [6, 6.07) is 15.3. The number of carbonyl (C=O) groups is 1. The molecule has 0 bridgehead atoms. The molecule has 1 saturated heterocycles. The number of aromatic nitrogens is 2. The highest BCUT2D eigenvalue weighted by molar-refractivity contribution is 7.89. The molecule has 1 amide bonds. The number of nitrogens with one attached hydrogen (secondary N) is 1. The Kier molecular flexibility index (Phi) is 6.75. The van der Waals surface area contributed by atoms with E-state index < -0.39 is 21.7 Å². The molecule has 1 aromatic heterocycles. The van der Waals surface area contributed by atoms with Gasteiger partial charge in [0.2, 0.25) is 21.1 Å². The summed E-state index contributed by atoms with van der Waals surface area (Å²) in [5, 5.41) is 11.8. The van der Waals surface area contributed by atoms with Gasteiger partial charge in [-0.15, -0.1) is 10.2 Å². The molecule has 4 rings (SSSR count). The summed E-state index contributed by atoms with van der Waals surface area (Å²) in [5.74, 6) is -1.29. The lowest BCUT2D eigenvalue weighted by Crippen LogP contribution is -2.50. The number of benzene rings is 2. The lowest BCUT2D eigenvalue weighted by Gasteiger charge is -2.35. The Morgan fingerprint density at radius 2 is 1.84 bits per heavy atom. The van der Waals surface area contributed by atoms with E-state index in [1.54, 1.807) is 18.2 Å². The monoisotopic (exact) mass is 491 g/mol. The van der Waals surface area contributed by atoms with Gasteiger partial charge in [0.1, 0.15) is 5.75 Å². The van der Waals surface area contributed by atoms with Gasteiger partial charge in [-0.3, -0.25) is 10.1 Å². The first-order valence-corrected chi connectivity index (χ1v) is 12.8. The SMILES string of the molecule is Cc1cccc(N2CCN(S(=O)(=O)CC(=O)Nc3nnc(-c4ccccc4Cl)s3)CC2)c1. The maximum Gasteiger partial charge on any atom is 0.242 e. The van der Waals surface area contributed by atoms with Crippen molar-refractivity contribution in [2.45, 2.75) is 6.92 Å². The summed E-state index contributed by atoms with van der Waals surface area (Å²) in [6.45, 7) is 3.83. The van der Waals surface area contributed by atoms with Crippen LogP contribution in [0.25, 0.3) is 10.6 Å². The first-order valence-electron chi connectivity index (χ1n) is 9.99. The number of carbonyl (C=O) groups excluding carboxylic acids is 1. The van der Waals surface area contributed by atoms with E-state index in [4.69, 9.17) is 11.6 Å². The van der Waals surface area contributed by atoms with Gasteiger partial charge < -0.3 is 4.90 Å². The topological polar surface area (TPSA) is 95.5 Å². The smallest absolute Gasteiger partial charge is 0.242 e. The number of aryl methyl sites for hydroxylation is 1. The van der Waals surface area contributed by atoms with E-state index in [0.29, 0.717) is 41.8 Å². The van der Waals surface area contributed by atoms with Crippen LogP contribution in [0.5, 0.6) is 0 Å². The molecule has 8 nitrogen and oxygen atoms in total. The summed E-state index contributed by atoms with van der Waals surface area (Å²) in [4.78, 5) is 14.5. The minimum absolute atomic E-state index is 0.226. The summed E-state index contributed by atoms with van der Waals surface area (Å²) in [5.41, 5.74) is 2.93. The van der Waals surface area contributed by atoms with Gasteiger partial charge in [0.15, 0.2) is 5.01 Å². The molecule has 1 N–H and O–H groups in total. The Labute approximate surface area is 195 Å². The number of rotatable bonds is 6. The van der Waals surface area contributed by atoms with Gasteiger partial charge in [-0.05, 0) is 30.7 Å². The highest BCUT2D eigenvalue weighted by Crippen LogP contribution is 2.31. The second-order valence-electron chi connectivity index (χ2n) is 7.42. The standard InChI is InChI=1S/C21H22ClN5O3S2/c1-15-5-4-6-16(13-15)26-9-11-27(12-10-26)32(29,30)14-19(28)23-21-25-24-20(31-21)17-7-2-3-8-18(17)22/h2-8,13H,9-12,14H2,1H3,(H,23,25,28). The van der Waals surface area contributed by atoms with E-state index in [9.17, 15) is 13.2 Å². The molecule has 168 valence electrons. The van der Waals surface area contributed by atoms with E-state index in [-0.39, 0.29) is 5.13 Å². The predicted molar refractivity (Wildman–Crippen MR) is 128 cm³/mol. The van der Waals surface area contributed by atoms with Crippen LogP contribution in [0.2, 0.25) is 5.02 Å². The fraction of sp³-hybridized carbons (Fsp3) is 0.286. The Balaban J connectivity index is 1.34. The lowest BCUT2D eigenvalue weighted by atomic mass is 10.2. The number of piperazine rings is 1. The first-order chi connectivity index (χ1) is 15.3. The zero-order valence-electron chi connectivity index (χ0n) is 17.4. The molecule has 2 aromatic carbocycles. The molecule has 32 heavy (non-hydrogen) atoms. The fourth-order valence-electron chi connectivity index (χ4n) is 3.48. The van der Waals surface area contributed by atoms with Crippen LogP contribution in [0.15, 0.2) is 48.5 Å². The molecule has 0 radical (unpaired) electrons. The van der Waals surface area contributed by atoms with E-state index in [1.165, 1.54) is 4.31 Å². The van der Waals surface area contributed by atoms with Crippen LogP contribution < -0.4 is 10.2 Å². The predicted octanol–water partition coefficient (Wildman–Crippen LogP) is 3.26. The Hall–Kier alpha value is -2.53. The third-order valence-electron chi connectivity index (χ3n) is 5.09. The number of hydrogen-bond acceptors (Lipinski definition) is 7. The van der Waals surface area contributed by atoms with Crippen LogP contribution in [-0.4, -0.2) is 60.8 Å². The number of nitrogens with zero attached hydrogens (tertiary/aromatic N) is 4. The Bertz CT molecular complexity index is 1220. The fourth-order valence-corrected chi connectivity index (χ4v) is 5.86. The first kappa shape index (κ1) is 22.7. The van der Waals surface area contributed by atoms with Crippen LogP contribution in [0, 0.1) is 6.92 Å². The molecular formula is C21H22ClN5O3S2. The normalized spacial score (nSPS) is 15.0. The minimum Gasteiger partial charge on any atom is -0.369 e. The Morgan fingerprint density at radius 3 is 2.56 bits per heavy atom. The number of hydrogen-bond donors (Lipinski definition) is 1. The minimum atomic E-state index is -3.74. The van der Waals surface area contributed by atoms with E-state index in [0.717, 1.165) is 22.6 Å². The lowest BCUT2D eigenvalue weighted by molar-refractivity contribution is -0.113. The third kappa shape index (κ3) is 5.26. The third-order valence-corrected chi connectivity index (χ3v) is 8.07. The molecule has 1 aliphatic heterocycles. The van der Waals surface area contributed by atoms with Crippen molar-refractivity contribution in [3.63, 3.8) is 0 Å². The van der Waals surface area contributed by atoms with Gasteiger partial charge in [-0.2, -0.15) is 4.31 Å². The average molecular weight is 492 g/mol.